The number of pyridine rings is 1. The Hall–Kier alpha value is -2.58. The zero-order chi connectivity index (χ0) is 17.4. The average Bonchev–Trinajstić information content (AvgIpc) is 2.58. The number of nitrogens with zero attached hydrogens (tertiary/aromatic N) is 1. The van der Waals surface area contributed by atoms with E-state index in [1.54, 1.807) is 12.1 Å². The summed E-state index contributed by atoms with van der Waals surface area (Å²) in [6, 6.07) is 6.22. The highest BCUT2D eigenvalue weighted by molar-refractivity contribution is 6.04. The van der Waals surface area contributed by atoms with E-state index >= 15 is 0 Å². The molecule has 0 aliphatic carbocycles. The first-order chi connectivity index (χ1) is 11.6. The number of hydrogen-bond donors (Lipinski definition) is 3. The number of rotatable bonds is 8. The van der Waals surface area contributed by atoms with Gasteiger partial charge in [0.2, 0.25) is 0 Å². The molecule has 0 bridgehead atoms. The molecule has 2 aromatic rings. The van der Waals surface area contributed by atoms with Gasteiger partial charge in [-0.25, -0.2) is 13.8 Å². The van der Waals surface area contributed by atoms with E-state index in [1.807, 2.05) is 0 Å². The van der Waals surface area contributed by atoms with Crippen LogP contribution in [0.2, 0.25) is 0 Å². The van der Waals surface area contributed by atoms with Crippen LogP contribution in [0.3, 0.4) is 0 Å². The number of benzene rings is 1. The van der Waals surface area contributed by atoms with Crippen LogP contribution >= 0.6 is 0 Å². The number of halogens is 2. The largest absolute Gasteiger partial charge is 0.394 e. The van der Waals surface area contributed by atoms with Crippen molar-refractivity contribution in [1.82, 2.24) is 4.98 Å². The highest BCUT2D eigenvalue weighted by atomic mass is 19.2. The summed E-state index contributed by atoms with van der Waals surface area (Å²) in [6.07, 6.45) is 1.44. The Morgan fingerprint density at radius 2 is 2.00 bits per heavy atom. The van der Waals surface area contributed by atoms with Gasteiger partial charge in [0.1, 0.15) is 5.82 Å². The lowest BCUT2D eigenvalue weighted by molar-refractivity contribution is 0.0992. The smallest absolute Gasteiger partial charge is 0.255 e. The summed E-state index contributed by atoms with van der Waals surface area (Å²) in [5.41, 5.74) is 0.434. The summed E-state index contributed by atoms with van der Waals surface area (Å²) in [5.74, 6) is -2.06. The summed E-state index contributed by atoms with van der Waals surface area (Å²) in [4.78, 5) is 16.1. The maximum atomic E-state index is 13.1. The summed E-state index contributed by atoms with van der Waals surface area (Å²) >= 11 is 0. The van der Waals surface area contributed by atoms with Gasteiger partial charge in [-0.3, -0.25) is 4.79 Å². The molecular weight excluding hydrogens is 320 g/mol. The Bertz CT molecular complexity index is 681. The average molecular weight is 337 g/mol. The van der Waals surface area contributed by atoms with Crippen LogP contribution < -0.4 is 10.6 Å². The molecule has 3 N–H and O–H groups in total. The number of ether oxygens (including phenoxy) is 1. The minimum absolute atomic E-state index is 0.0112. The Morgan fingerprint density at radius 3 is 2.67 bits per heavy atom. The number of amides is 1. The third-order valence-electron chi connectivity index (χ3n) is 2.99. The second-order valence-corrected chi connectivity index (χ2v) is 4.78. The van der Waals surface area contributed by atoms with Crippen molar-refractivity contribution in [3.05, 3.63) is 53.7 Å². The quantitative estimate of drug-likeness (QED) is 0.642. The second kappa shape index (κ2) is 8.90. The summed E-state index contributed by atoms with van der Waals surface area (Å²) in [5, 5.41) is 14.1. The molecule has 6 nitrogen and oxygen atoms in total. The lowest BCUT2D eigenvalue weighted by Gasteiger charge is -2.08. The van der Waals surface area contributed by atoms with Crippen LogP contribution in [0, 0.1) is 11.6 Å². The molecule has 0 spiro atoms. The van der Waals surface area contributed by atoms with Crippen molar-refractivity contribution in [1.29, 1.82) is 0 Å². The fraction of sp³-hybridized carbons (Fsp3) is 0.250. The number of aliphatic hydroxyl groups excluding tert-OH is 1. The van der Waals surface area contributed by atoms with E-state index in [-0.39, 0.29) is 18.8 Å². The molecule has 2 rings (SSSR count). The van der Waals surface area contributed by atoms with E-state index in [2.05, 4.69) is 15.6 Å². The predicted molar refractivity (Wildman–Crippen MR) is 84.9 cm³/mol. The van der Waals surface area contributed by atoms with Gasteiger partial charge in [-0.1, -0.05) is 0 Å². The van der Waals surface area contributed by atoms with E-state index < -0.39 is 17.5 Å². The third-order valence-corrected chi connectivity index (χ3v) is 2.99. The van der Waals surface area contributed by atoms with Gasteiger partial charge in [-0.2, -0.15) is 0 Å². The van der Waals surface area contributed by atoms with E-state index in [1.165, 1.54) is 12.3 Å². The van der Waals surface area contributed by atoms with Gasteiger partial charge >= 0.3 is 0 Å². The topological polar surface area (TPSA) is 83.5 Å². The van der Waals surface area contributed by atoms with Crippen LogP contribution in [0.1, 0.15) is 10.4 Å². The van der Waals surface area contributed by atoms with Crippen molar-refractivity contribution in [2.45, 2.75) is 0 Å². The second-order valence-electron chi connectivity index (χ2n) is 4.78. The summed E-state index contributed by atoms with van der Waals surface area (Å²) in [7, 11) is 0. The number of carbonyl (C=O) groups is 1. The Morgan fingerprint density at radius 1 is 1.17 bits per heavy atom. The zero-order valence-corrected chi connectivity index (χ0v) is 12.8. The Labute approximate surface area is 137 Å². The molecule has 0 aliphatic rings. The van der Waals surface area contributed by atoms with Gasteiger partial charge in [-0.05, 0) is 30.3 Å². The molecule has 0 atom stereocenters. The van der Waals surface area contributed by atoms with Crippen molar-refractivity contribution < 1.29 is 23.4 Å². The van der Waals surface area contributed by atoms with E-state index in [0.29, 0.717) is 24.7 Å². The molecule has 0 saturated heterocycles. The molecule has 0 radical (unpaired) electrons. The SMILES string of the molecule is O=C(Nc1ccc(NCCOCCO)nc1)c1ccc(F)c(F)c1. The fourth-order valence-electron chi connectivity index (χ4n) is 1.83. The lowest BCUT2D eigenvalue weighted by atomic mass is 10.2. The maximum Gasteiger partial charge on any atom is 0.255 e. The first kappa shape index (κ1) is 17.8. The van der Waals surface area contributed by atoms with E-state index in [4.69, 9.17) is 9.84 Å². The van der Waals surface area contributed by atoms with Gasteiger partial charge in [0.05, 0.1) is 31.7 Å². The monoisotopic (exact) mass is 337 g/mol. The zero-order valence-electron chi connectivity index (χ0n) is 12.8. The molecular formula is C16H17F2N3O3. The van der Waals surface area contributed by atoms with Gasteiger partial charge in [0, 0.05) is 12.1 Å². The molecule has 1 aromatic carbocycles. The van der Waals surface area contributed by atoms with Crippen LogP contribution in [0.5, 0.6) is 0 Å². The van der Waals surface area contributed by atoms with Gasteiger partial charge in [-0.15, -0.1) is 0 Å². The molecule has 0 fully saturated rings. The van der Waals surface area contributed by atoms with Crippen molar-refractivity contribution >= 4 is 17.4 Å². The Balaban J connectivity index is 1.86. The molecule has 0 unspecified atom stereocenters. The molecule has 128 valence electrons. The molecule has 8 heteroatoms. The number of aromatic nitrogens is 1. The van der Waals surface area contributed by atoms with Crippen LogP contribution in [0.4, 0.5) is 20.3 Å². The van der Waals surface area contributed by atoms with Crippen LogP contribution in [0.25, 0.3) is 0 Å². The molecule has 0 saturated carbocycles. The van der Waals surface area contributed by atoms with E-state index in [0.717, 1.165) is 12.1 Å². The van der Waals surface area contributed by atoms with Crippen molar-refractivity contribution in [3.8, 4) is 0 Å². The number of nitrogens with one attached hydrogen (secondary N) is 2. The highest BCUT2D eigenvalue weighted by Crippen LogP contribution is 2.13. The standard InChI is InChI=1S/C16H17F2N3O3/c17-13-3-1-11(9-14(13)18)16(23)21-12-2-4-15(20-10-12)19-5-7-24-8-6-22/h1-4,9-10,22H,5-8H2,(H,19,20)(H,21,23). The number of hydrogen-bond acceptors (Lipinski definition) is 5. The Kier molecular flexibility index (Phi) is 6.59. The summed E-state index contributed by atoms with van der Waals surface area (Å²) < 4.78 is 31.1. The normalized spacial score (nSPS) is 10.5. The van der Waals surface area contributed by atoms with Gasteiger partial charge < -0.3 is 20.5 Å². The van der Waals surface area contributed by atoms with Crippen molar-refractivity contribution in [3.63, 3.8) is 0 Å². The molecule has 1 amide bonds. The van der Waals surface area contributed by atoms with Crippen LogP contribution in [0.15, 0.2) is 36.5 Å². The minimum Gasteiger partial charge on any atom is -0.394 e. The predicted octanol–water partition coefficient (Wildman–Crippen LogP) is 2.03. The number of anilines is 2. The van der Waals surface area contributed by atoms with Crippen LogP contribution in [-0.4, -0.2) is 42.4 Å². The fourth-order valence-corrected chi connectivity index (χ4v) is 1.83. The molecule has 0 aliphatic heterocycles. The van der Waals surface area contributed by atoms with Crippen molar-refractivity contribution in [2.75, 3.05) is 37.0 Å². The van der Waals surface area contributed by atoms with Gasteiger partial charge in [0.25, 0.3) is 5.91 Å². The van der Waals surface area contributed by atoms with E-state index in [9.17, 15) is 13.6 Å². The minimum atomic E-state index is -1.08. The summed E-state index contributed by atoms with van der Waals surface area (Å²) in [6.45, 7) is 1.21. The van der Waals surface area contributed by atoms with Crippen LogP contribution in [-0.2, 0) is 4.74 Å². The third kappa shape index (κ3) is 5.25. The van der Waals surface area contributed by atoms with Gasteiger partial charge in [0.15, 0.2) is 11.6 Å². The maximum absolute atomic E-state index is 13.1. The highest BCUT2D eigenvalue weighted by Gasteiger charge is 2.10. The molecule has 1 aromatic heterocycles. The lowest BCUT2D eigenvalue weighted by Crippen LogP contribution is -2.14. The molecule has 24 heavy (non-hydrogen) atoms. The first-order valence-electron chi connectivity index (χ1n) is 7.25. The molecule has 1 heterocycles. The first-order valence-corrected chi connectivity index (χ1v) is 7.25. The number of aliphatic hydroxyl groups is 1. The van der Waals surface area contributed by atoms with Crippen molar-refractivity contribution in [2.24, 2.45) is 0 Å². The number of carbonyl (C=O) groups excluding carboxylic acids is 1.